The van der Waals surface area contributed by atoms with Gasteiger partial charge in [0.1, 0.15) is 0 Å². The first kappa shape index (κ1) is 28.7. The normalized spacial score (nSPS) is 28.8. The fraction of sp³-hybridized carbons (Fsp3) is 0.815. The lowest BCUT2D eigenvalue weighted by molar-refractivity contribution is -0.135. The molecule has 1 amide bonds. The van der Waals surface area contributed by atoms with Crippen molar-refractivity contribution in [3.63, 3.8) is 0 Å². The smallest absolute Gasteiger partial charge is 0.223 e. The molecule has 6 atom stereocenters. The van der Waals surface area contributed by atoms with Crippen LogP contribution in [0.2, 0.25) is 0 Å². The average molecular weight is 452 g/mol. The first-order chi connectivity index (χ1) is 15.3. The highest BCUT2D eigenvalue weighted by Crippen LogP contribution is 2.39. The fourth-order valence-corrected chi connectivity index (χ4v) is 5.57. The van der Waals surface area contributed by atoms with E-state index in [1.807, 2.05) is 32.9 Å². The molecule has 2 fully saturated rings. The maximum atomic E-state index is 12.9. The second-order valence-electron chi connectivity index (χ2n) is 9.48. The molecule has 0 aromatic heterocycles. The molecule has 2 rings (SSSR count). The molecule has 0 aliphatic heterocycles. The zero-order chi connectivity index (χ0) is 24.3. The number of amides is 1. The summed E-state index contributed by atoms with van der Waals surface area (Å²) in [4.78, 5) is 14.8. The maximum absolute atomic E-state index is 12.9. The number of nitrogens with zero attached hydrogens (tertiary/aromatic N) is 1. The van der Waals surface area contributed by atoms with Crippen molar-refractivity contribution in [3.05, 3.63) is 24.5 Å². The number of rotatable bonds is 10. The monoisotopic (exact) mass is 451 g/mol. The lowest BCUT2D eigenvalue weighted by Crippen LogP contribution is -2.48. The van der Waals surface area contributed by atoms with Gasteiger partial charge < -0.3 is 19.5 Å². The summed E-state index contributed by atoms with van der Waals surface area (Å²) in [6.07, 6.45) is 9.72. The number of allylic oxidation sites excluding steroid dienone is 1. The predicted octanol–water partition coefficient (Wildman–Crippen LogP) is 6.29. The molecule has 0 bridgehead atoms. The van der Waals surface area contributed by atoms with Gasteiger partial charge in [-0.1, -0.05) is 52.3 Å². The molecule has 32 heavy (non-hydrogen) atoms. The Hall–Kier alpha value is -1.33. The van der Waals surface area contributed by atoms with Crippen LogP contribution in [-0.4, -0.2) is 55.4 Å². The standard InChI is InChI=1S/C25H43NO4.C2H6/c1-17(20-12-13-23(29-5)18(2)15-20)16-22(21-9-7-8-10-24(21)30-6)26(4)25(28)14-11-19(3)27;1-2/h18,20-24,27H,1,3,7-16H2,2,4-6H3;1-2H3. The highest BCUT2D eigenvalue weighted by Gasteiger charge is 2.37. The van der Waals surface area contributed by atoms with Crippen molar-refractivity contribution < 1.29 is 19.4 Å². The minimum absolute atomic E-state index is 0.0554. The topological polar surface area (TPSA) is 59.0 Å². The summed E-state index contributed by atoms with van der Waals surface area (Å²) < 4.78 is 11.5. The number of aliphatic hydroxyl groups excluding tert-OH is 1. The van der Waals surface area contributed by atoms with E-state index in [4.69, 9.17) is 9.47 Å². The van der Waals surface area contributed by atoms with Crippen LogP contribution in [0.5, 0.6) is 0 Å². The maximum Gasteiger partial charge on any atom is 0.223 e. The van der Waals surface area contributed by atoms with Gasteiger partial charge in [-0.25, -0.2) is 0 Å². The average Bonchev–Trinajstić information content (AvgIpc) is 2.81. The SMILES string of the molecule is C=C(O)CCC(=O)N(C)C(CC(=C)C1CCC(OC)C(C)C1)C1CCCCC1OC.CC. The van der Waals surface area contributed by atoms with Crippen molar-refractivity contribution in [2.24, 2.45) is 17.8 Å². The number of carbonyl (C=O) groups is 1. The van der Waals surface area contributed by atoms with Crippen LogP contribution in [-0.2, 0) is 14.3 Å². The Balaban J connectivity index is 0.00000249. The minimum Gasteiger partial charge on any atom is -0.513 e. The van der Waals surface area contributed by atoms with Crippen molar-refractivity contribution in [2.45, 2.75) is 103 Å². The minimum atomic E-state index is 0.0554. The molecule has 2 aliphatic carbocycles. The molecule has 2 aliphatic rings. The molecule has 0 aromatic rings. The Morgan fingerprint density at radius 3 is 2.22 bits per heavy atom. The molecule has 0 radical (unpaired) electrons. The van der Waals surface area contributed by atoms with E-state index in [0.717, 1.165) is 38.5 Å². The summed E-state index contributed by atoms with van der Waals surface area (Å²) in [7, 11) is 5.51. The molecule has 5 heteroatoms. The van der Waals surface area contributed by atoms with Crippen molar-refractivity contribution in [2.75, 3.05) is 21.3 Å². The molecule has 0 saturated heterocycles. The lowest BCUT2D eigenvalue weighted by Gasteiger charge is -2.42. The predicted molar refractivity (Wildman–Crippen MR) is 133 cm³/mol. The van der Waals surface area contributed by atoms with Gasteiger partial charge in [0.05, 0.1) is 18.0 Å². The number of aliphatic hydroxyl groups is 1. The van der Waals surface area contributed by atoms with Crippen LogP contribution in [0.15, 0.2) is 24.5 Å². The summed E-state index contributed by atoms with van der Waals surface area (Å²) >= 11 is 0. The first-order valence-electron chi connectivity index (χ1n) is 12.6. The quantitative estimate of drug-likeness (QED) is 0.313. The van der Waals surface area contributed by atoms with Gasteiger partial charge in [-0.05, 0) is 50.4 Å². The van der Waals surface area contributed by atoms with Gasteiger partial charge >= 0.3 is 0 Å². The summed E-state index contributed by atoms with van der Waals surface area (Å²) in [6, 6.07) is 0.0812. The lowest BCUT2D eigenvalue weighted by atomic mass is 9.73. The van der Waals surface area contributed by atoms with Crippen LogP contribution in [0.25, 0.3) is 0 Å². The highest BCUT2D eigenvalue weighted by atomic mass is 16.5. The van der Waals surface area contributed by atoms with E-state index < -0.39 is 0 Å². The largest absolute Gasteiger partial charge is 0.513 e. The van der Waals surface area contributed by atoms with E-state index in [9.17, 15) is 9.90 Å². The molecule has 5 nitrogen and oxygen atoms in total. The van der Waals surface area contributed by atoms with Crippen molar-refractivity contribution in [3.8, 4) is 0 Å². The van der Waals surface area contributed by atoms with Crippen molar-refractivity contribution >= 4 is 5.91 Å². The van der Waals surface area contributed by atoms with Crippen LogP contribution in [0.4, 0.5) is 0 Å². The van der Waals surface area contributed by atoms with Gasteiger partial charge in [0.25, 0.3) is 0 Å². The Morgan fingerprint density at radius 2 is 1.66 bits per heavy atom. The molecule has 1 N–H and O–H groups in total. The summed E-state index contributed by atoms with van der Waals surface area (Å²) in [5, 5.41) is 9.42. The Labute approximate surface area is 197 Å². The van der Waals surface area contributed by atoms with Crippen LogP contribution < -0.4 is 0 Å². The van der Waals surface area contributed by atoms with Gasteiger partial charge in [-0.15, -0.1) is 0 Å². The third kappa shape index (κ3) is 8.22. The first-order valence-corrected chi connectivity index (χ1v) is 12.6. The van der Waals surface area contributed by atoms with Crippen LogP contribution in [0.1, 0.15) is 85.0 Å². The Kier molecular flexibility index (Phi) is 13.2. The molecular formula is C27H49NO4. The molecule has 186 valence electrons. The number of ether oxygens (including phenoxy) is 2. The van der Waals surface area contributed by atoms with E-state index in [0.29, 0.717) is 30.3 Å². The van der Waals surface area contributed by atoms with E-state index in [1.165, 1.54) is 18.4 Å². The zero-order valence-electron chi connectivity index (χ0n) is 21.6. The van der Waals surface area contributed by atoms with Gasteiger partial charge in [0.2, 0.25) is 5.91 Å². The summed E-state index contributed by atoms with van der Waals surface area (Å²) in [5.74, 6) is 1.45. The number of carbonyl (C=O) groups excluding carboxylic acids is 1. The van der Waals surface area contributed by atoms with Crippen LogP contribution >= 0.6 is 0 Å². The van der Waals surface area contributed by atoms with Crippen molar-refractivity contribution in [1.82, 2.24) is 4.90 Å². The van der Waals surface area contributed by atoms with Gasteiger partial charge in [-0.3, -0.25) is 4.79 Å². The third-order valence-corrected chi connectivity index (χ3v) is 7.51. The second kappa shape index (κ2) is 14.7. The molecule has 2 saturated carbocycles. The van der Waals surface area contributed by atoms with Gasteiger partial charge in [0, 0.05) is 46.1 Å². The Bertz CT molecular complexity index is 590. The zero-order valence-corrected chi connectivity index (χ0v) is 21.6. The molecule has 0 spiro atoms. The van der Waals surface area contributed by atoms with E-state index in [2.05, 4.69) is 20.1 Å². The summed E-state index contributed by atoms with van der Waals surface area (Å²) in [6.45, 7) is 14.3. The van der Waals surface area contributed by atoms with E-state index >= 15 is 0 Å². The number of hydrogen-bond donors (Lipinski definition) is 1. The number of methoxy groups -OCH3 is 2. The summed E-state index contributed by atoms with van der Waals surface area (Å²) in [5.41, 5.74) is 1.26. The highest BCUT2D eigenvalue weighted by molar-refractivity contribution is 5.76. The number of hydrogen-bond acceptors (Lipinski definition) is 4. The van der Waals surface area contributed by atoms with Crippen LogP contribution in [0, 0.1) is 17.8 Å². The molecular weight excluding hydrogens is 402 g/mol. The molecule has 6 unspecified atom stereocenters. The third-order valence-electron chi connectivity index (χ3n) is 7.51. The second-order valence-corrected chi connectivity index (χ2v) is 9.48. The van der Waals surface area contributed by atoms with E-state index in [1.54, 1.807) is 7.11 Å². The molecule has 0 heterocycles. The van der Waals surface area contributed by atoms with Crippen LogP contribution in [0.3, 0.4) is 0 Å². The Morgan fingerprint density at radius 1 is 1.03 bits per heavy atom. The fourth-order valence-electron chi connectivity index (χ4n) is 5.57. The van der Waals surface area contributed by atoms with Gasteiger partial charge in [-0.2, -0.15) is 0 Å². The van der Waals surface area contributed by atoms with Crippen molar-refractivity contribution in [1.29, 1.82) is 0 Å². The van der Waals surface area contributed by atoms with E-state index in [-0.39, 0.29) is 30.2 Å². The van der Waals surface area contributed by atoms with Gasteiger partial charge in [0.15, 0.2) is 0 Å². The molecule has 0 aromatic carbocycles.